The highest BCUT2D eigenvalue weighted by atomic mass is 15.1. The molecule has 0 bridgehead atoms. The SMILES string of the molecule is CC.Cc1ccc2cc(-c3ccc(N(C)C)cc3)n(C)c2c1. The van der Waals surface area contributed by atoms with Gasteiger partial charge in [0.2, 0.25) is 0 Å². The lowest BCUT2D eigenvalue weighted by atomic mass is 10.1. The van der Waals surface area contributed by atoms with Gasteiger partial charge in [0.25, 0.3) is 0 Å². The molecule has 2 heteroatoms. The van der Waals surface area contributed by atoms with Crippen LogP contribution in [0.15, 0.2) is 48.5 Å². The Hall–Kier alpha value is -2.22. The summed E-state index contributed by atoms with van der Waals surface area (Å²) < 4.78 is 2.27. The topological polar surface area (TPSA) is 8.17 Å². The Bertz CT molecular complexity index is 749. The monoisotopic (exact) mass is 294 g/mol. The highest BCUT2D eigenvalue weighted by Gasteiger charge is 2.08. The van der Waals surface area contributed by atoms with Crippen molar-refractivity contribution in [2.45, 2.75) is 20.8 Å². The van der Waals surface area contributed by atoms with Crippen LogP contribution < -0.4 is 4.90 Å². The summed E-state index contributed by atoms with van der Waals surface area (Å²) in [6.07, 6.45) is 0. The molecule has 0 radical (unpaired) electrons. The van der Waals surface area contributed by atoms with E-state index in [0.29, 0.717) is 0 Å². The number of fused-ring (bicyclic) bond motifs is 1. The molecule has 0 N–H and O–H groups in total. The fourth-order valence-corrected chi connectivity index (χ4v) is 2.65. The third kappa shape index (κ3) is 3.01. The Kier molecular flexibility index (Phi) is 4.92. The normalized spacial score (nSPS) is 10.3. The molecule has 0 fully saturated rings. The lowest BCUT2D eigenvalue weighted by molar-refractivity contribution is 0.977. The smallest absolute Gasteiger partial charge is 0.0488 e. The summed E-state index contributed by atoms with van der Waals surface area (Å²) >= 11 is 0. The molecule has 0 saturated heterocycles. The Morgan fingerprint density at radius 3 is 2.09 bits per heavy atom. The van der Waals surface area contributed by atoms with Crippen molar-refractivity contribution in [2.75, 3.05) is 19.0 Å². The van der Waals surface area contributed by atoms with Gasteiger partial charge >= 0.3 is 0 Å². The largest absolute Gasteiger partial charge is 0.378 e. The zero-order chi connectivity index (χ0) is 16.3. The lowest BCUT2D eigenvalue weighted by Gasteiger charge is -2.13. The van der Waals surface area contributed by atoms with Crippen LogP contribution in [0.25, 0.3) is 22.2 Å². The molecule has 0 unspecified atom stereocenters. The maximum absolute atomic E-state index is 2.27. The third-order valence-electron chi connectivity index (χ3n) is 3.88. The number of hydrogen-bond donors (Lipinski definition) is 0. The Labute approximate surface area is 134 Å². The van der Waals surface area contributed by atoms with Crippen molar-refractivity contribution < 1.29 is 0 Å². The van der Waals surface area contributed by atoms with Gasteiger partial charge < -0.3 is 9.47 Å². The van der Waals surface area contributed by atoms with Crippen LogP contribution in [0.4, 0.5) is 5.69 Å². The summed E-state index contributed by atoms with van der Waals surface area (Å²) in [5.41, 5.74) is 6.33. The van der Waals surface area contributed by atoms with E-state index in [2.05, 4.69) is 86.1 Å². The van der Waals surface area contributed by atoms with Crippen LogP contribution in [0, 0.1) is 6.92 Å². The minimum absolute atomic E-state index is 1.23. The van der Waals surface area contributed by atoms with E-state index in [1.54, 1.807) is 0 Å². The molecule has 0 atom stereocenters. The predicted octanol–water partition coefficient (Wildman–Crippen LogP) is 5.25. The van der Waals surface area contributed by atoms with Gasteiger partial charge in [0.15, 0.2) is 0 Å². The maximum atomic E-state index is 2.27. The van der Waals surface area contributed by atoms with Gasteiger partial charge in [-0.3, -0.25) is 0 Å². The number of rotatable bonds is 2. The van der Waals surface area contributed by atoms with Gasteiger partial charge in [-0.05, 0) is 42.3 Å². The van der Waals surface area contributed by atoms with Crippen LogP contribution in [0.3, 0.4) is 0 Å². The van der Waals surface area contributed by atoms with Gasteiger partial charge in [-0.15, -0.1) is 0 Å². The van der Waals surface area contributed by atoms with Gasteiger partial charge in [0.05, 0.1) is 0 Å². The van der Waals surface area contributed by atoms with Crippen LogP contribution in [-0.4, -0.2) is 18.7 Å². The van der Waals surface area contributed by atoms with Crippen molar-refractivity contribution in [3.8, 4) is 11.3 Å². The summed E-state index contributed by atoms with van der Waals surface area (Å²) in [6.45, 7) is 6.14. The fourth-order valence-electron chi connectivity index (χ4n) is 2.65. The number of benzene rings is 2. The molecule has 0 spiro atoms. The summed E-state index contributed by atoms with van der Waals surface area (Å²) in [6, 6.07) is 17.6. The summed E-state index contributed by atoms with van der Waals surface area (Å²) in [5.74, 6) is 0. The van der Waals surface area contributed by atoms with Crippen LogP contribution >= 0.6 is 0 Å². The first-order valence-electron chi connectivity index (χ1n) is 7.90. The van der Waals surface area contributed by atoms with E-state index in [9.17, 15) is 0 Å². The van der Waals surface area contributed by atoms with Gasteiger partial charge in [0.1, 0.15) is 0 Å². The highest BCUT2D eigenvalue weighted by Crippen LogP contribution is 2.28. The van der Waals surface area contributed by atoms with Crippen LogP contribution in [-0.2, 0) is 7.05 Å². The van der Waals surface area contributed by atoms with Crippen molar-refractivity contribution in [3.63, 3.8) is 0 Å². The zero-order valence-electron chi connectivity index (χ0n) is 14.5. The number of aryl methyl sites for hydroxylation is 2. The van der Waals surface area contributed by atoms with E-state index in [0.717, 1.165) is 0 Å². The predicted molar refractivity (Wildman–Crippen MR) is 98.8 cm³/mol. The third-order valence-corrected chi connectivity index (χ3v) is 3.88. The molecule has 0 amide bonds. The average molecular weight is 294 g/mol. The molecule has 3 aromatic rings. The number of anilines is 1. The minimum atomic E-state index is 1.23. The number of nitrogens with zero attached hydrogens (tertiary/aromatic N) is 2. The van der Waals surface area contributed by atoms with E-state index in [-0.39, 0.29) is 0 Å². The average Bonchev–Trinajstić information content (AvgIpc) is 2.86. The summed E-state index contributed by atoms with van der Waals surface area (Å²) in [4.78, 5) is 2.12. The summed E-state index contributed by atoms with van der Waals surface area (Å²) in [5, 5.41) is 1.30. The van der Waals surface area contributed by atoms with Crippen LogP contribution in [0.2, 0.25) is 0 Å². The Morgan fingerprint density at radius 1 is 0.864 bits per heavy atom. The first kappa shape index (κ1) is 16.2. The van der Waals surface area contributed by atoms with Crippen molar-refractivity contribution in [1.29, 1.82) is 0 Å². The number of hydrogen-bond acceptors (Lipinski definition) is 1. The molecule has 1 heterocycles. The maximum Gasteiger partial charge on any atom is 0.0488 e. The molecule has 22 heavy (non-hydrogen) atoms. The standard InChI is InChI=1S/C18H20N2.C2H6/c1-13-5-6-15-12-18(20(4)17(15)11-13)14-7-9-16(10-8-14)19(2)3;1-2/h5-12H,1-4H3;1-2H3. The van der Waals surface area contributed by atoms with Crippen LogP contribution in [0.5, 0.6) is 0 Å². The van der Waals surface area contributed by atoms with Gasteiger partial charge in [-0.1, -0.05) is 38.1 Å². The molecule has 0 aliphatic carbocycles. The van der Waals surface area contributed by atoms with Gasteiger partial charge in [0, 0.05) is 43.4 Å². The second-order valence-corrected chi connectivity index (χ2v) is 5.59. The van der Waals surface area contributed by atoms with Crippen molar-refractivity contribution in [3.05, 3.63) is 54.1 Å². The second-order valence-electron chi connectivity index (χ2n) is 5.59. The molecule has 0 saturated carbocycles. The van der Waals surface area contributed by atoms with E-state index in [4.69, 9.17) is 0 Å². The quantitative estimate of drug-likeness (QED) is 0.627. The van der Waals surface area contributed by atoms with E-state index in [1.807, 2.05) is 13.8 Å². The first-order chi connectivity index (χ1) is 10.6. The van der Waals surface area contributed by atoms with Crippen molar-refractivity contribution in [2.24, 2.45) is 7.05 Å². The fraction of sp³-hybridized carbons (Fsp3) is 0.300. The molecule has 1 aromatic heterocycles. The molecule has 2 nitrogen and oxygen atoms in total. The van der Waals surface area contributed by atoms with Gasteiger partial charge in [-0.2, -0.15) is 0 Å². The van der Waals surface area contributed by atoms with Crippen LogP contribution in [0.1, 0.15) is 19.4 Å². The molecule has 116 valence electrons. The zero-order valence-corrected chi connectivity index (χ0v) is 14.5. The number of aromatic nitrogens is 1. The highest BCUT2D eigenvalue weighted by molar-refractivity contribution is 5.87. The van der Waals surface area contributed by atoms with E-state index in [1.165, 1.54) is 33.4 Å². The van der Waals surface area contributed by atoms with Crippen molar-refractivity contribution >= 4 is 16.6 Å². The molecular formula is C20H26N2. The lowest BCUT2D eigenvalue weighted by Crippen LogP contribution is -2.08. The van der Waals surface area contributed by atoms with Crippen molar-refractivity contribution in [1.82, 2.24) is 4.57 Å². The molecule has 3 rings (SSSR count). The molecule has 0 aliphatic rings. The first-order valence-corrected chi connectivity index (χ1v) is 7.90. The Morgan fingerprint density at radius 2 is 1.50 bits per heavy atom. The molecule has 0 aliphatic heterocycles. The molecular weight excluding hydrogens is 268 g/mol. The van der Waals surface area contributed by atoms with E-state index >= 15 is 0 Å². The Balaban J connectivity index is 0.000000847. The molecule has 2 aromatic carbocycles. The second kappa shape index (κ2) is 6.69. The summed E-state index contributed by atoms with van der Waals surface area (Å²) in [7, 11) is 6.26. The van der Waals surface area contributed by atoms with Gasteiger partial charge in [-0.25, -0.2) is 0 Å². The minimum Gasteiger partial charge on any atom is -0.378 e. The van der Waals surface area contributed by atoms with E-state index < -0.39 is 0 Å².